The average Bonchev–Trinajstić information content (AvgIpc) is 3.16. The van der Waals surface area contributed by atoms with E-state index in [1.807, 2.05) is 6.07 Å². The molecule has 0 saturated carbocycles. The summed E-state index contributed by atoms with van der Waals surface area (Å²) < 4.78 is 37.9. The molecule has 5 nitrogen and oxygen atoms in total. The van der Waals surface area contributed by atoms with Crippen LogP contribution in [0.4, 0.5) is 19.0 Å². The van der Waals surface area contributed by atoms with Crippen molar-refractivity contribution in [3.8, 4) is 0 Å². The average molecular weight is 398 g/mol. The minimum Gasteiger partial charge on any atom is -0.369 e. The molecule has 0 spiro atoms. The second-order valence-electron chi connectivity index (χ2n) is 6.76. The van der Waals surface area contributed by atoms with Crippen molar-refractivity contribution in [2.45, 2.75) is 12.6 Å². The number of hydrogen-bond donors (Lipinski definition) is 2. The second kappa shape index (κ2) is 7.54. The minimum atomic E-state index is -4.31. The second-order valence-corrected chi connectivity index (χ2v) is 6.76. The summed E-state index contributed by atoms with van der Waals surface area (Å²) in [4.78, 5) is 24.1. The lowest BCUT2D eigenvalue weighted by molar-refractivity contribution is -0.0887. The molecule has 0 amide bonds. The Morgan fingerprint density at radius 3 is 2.79 bits per heavy atom. The van der Waals surface area contributed by atoms with E-state index in [1.165, 1.54) is 12.3 Å². The SMILES string of the molecule is O=C(c1ccc(NCC2C=CC(C(F)(F)F)=CC2)nc1)c1c[nH]c2ncccc12. The number of ketones is 1. The third kappa shape index (κ3) is 4.06. The summed E-state index contributed by atoms with van der Waals surface area (Å²) in [6, 6.07) is 6.95. The van der Waals surface area contributed by atoms with Crippen LogP contribution in [0.15, 0.2) is 66.7 Å². The normalized spacial score (nSPS) is 16.7. The fourth-order valence-corrected chi connectivity index (χ4v) is 3.19. The fraction of sp³-hybridized carbons (Fsp3) is 0.190. The molecule has 0 bridgehead atoms. The van der Waals surface area contributed by atoms with Crippen LogP contribution in [0.3, 0.4) is 0 Å². The van der Waals surface area contributed by atoms with Gasteiger partial charge in [-0.1, -0.05) is 18.2 Å². The predicted molar refractivity (Wildman–Crippen MR) is 104 cm³/mol. The lowest BCUT2D eigenvalue weighted by Crippen LogP contribution is -2.18. The van der Waals surface area contributed by atoms with E-state index in [1.54, 1.807) is 36.7 Å². The Labute approximate surface area is 164 Å². The highest BCUT2D eigenvalue weighted by atomic mass is 19.4. The van der Waals surface area contributed by atoms with Crippen LogP contribution in [0.1, 0.15) is 22.3 Å². The zero-order valence-electron chi connectivity index (χ0n) is 15.2. The monoisotopic (exact) mass is 398 g/mol. The van der Waals surface area contributed by atoms with Crippen LogP contribution in [0.5, 0.6) is 0 Å². The molecule has 0 aliphatic heterocycles. The first-order chi connectivity index (χ1) is 13.9. The van der Waals surface area contributed by atoms with Crippen molar-refractivity contribution in [1.82, 2.24) is 15.0 Å². The number of allylic oxidation sites excluding steroid dienone is 3. The Morgan fingerprint density at radius 1 is 1.24 bits per heavy atom. The molecule has 3 aromatic heterocycles. The molecular weight excluding hydrogens is 381 g/mol. The zero-order valence-corrected chi connectivity index (χ0v) is 15.2. The van der Waals surface area contributed by atoms with Gasteiger partial charge in [0.25, 0.3) is 0 Å². The molecule has 3 heterocycles. The van der Waals surface area contributed by atoms with E-state index in [0.717, 1.165) is 11.5 Å². The number of halogens is 3. The molecule has 4 rings (SSSR count). The molecule has 0 aromatic carbocycles. The van der Waals surface area contributed by atoms with Gasteiger partial charge in [-0.3, -0.25) is 4.79 Å². The van der Waals surface area contributed by atoms with Crippen LogP contribution < -0.4 is 5.32 Å². The number of nitrogens with zero attached hydrogens (tertiary/aromatic N) is 2. The minimum absolute atomic E-state index is 0.0528. The Morgan fingerprint density at radius 2 is 2.10 bits per heavy atom. The Bertz CT molecular complexity index is 1100. The number of aromatic amines is 1. The van der Waals surface area contributed by atoms with E-state index < -0.39 is 11.7 Å². The molecule has 29 heavy (non-hydrogen) atoms. The van der Waals surface area contributed by atoms with Gasteiger partial charge in [-0.05, 0) is 36.6 Å². The molecule has 2 N–H and O–H groups in total. The van der Waals surface area contributed by atoms with Crippen molar-refractivity contribution in [2.75, 3.05) is 11.9 Å². The molecule has 1 unspecified atom stereocenters. The van der Waals surface area contributed by atoms with E-state index in [4.69, 9.17) is 0 Å². The van der Waals surface area contributed by atoms with Crippen LogP contribution in [0.2, 0.25) is 0 Å². The number of anilines is 1. The molecular formula is C21H17F3N4O. The number of alkyl halides is 3. The lowest BCUT2D eigenvalue weighted by atomic mass is 9.96. The largest absolute Gasteiger partial charge is 0.416 e. The van der Waals surface area contributed by atoms with Gasteiger partial charge < -0.3 is 10.3 Å². The quantitative estimate of drug-likeness (QED) is 0.613. The van der Waals surface area contributed by atoms with E-state index in [2.05, 4.69) is 20.3 Å². The van der Waals surface area contributed by atoms with Crippen LogP contribution in [0.25, 0.3) is 11.0 Å². The molecule has 148 valence electrons. The van der Waals surface area contributed by atoms with Crippen molar-refractivity contribution in [2.24, 2.45) is 5.92 Å². The standard InChI is InChI=1S/C21H17F3N4O/c22-21(23,24)15-6-3-13(4-7-15)10-26-18-8-5-14(11-27-18)19(29)17-12-28-20-16(17)2-1-9-25-20/h1-3,5-9,11-13H,4,10H2,(H,25,28)(H,26,27). The van der Waals surface area contributed by atoms with Gasteiger partial charge in [0.15, 0.2) is 5.78 Å². The summed E-state index contributed by atoms with van der Waals surface area (Å²) in [7, 11) is 0. The molecule has 0 radical (unpaired) electrons. The first-order valence-corrected chi connectivity index (χ1v) is 9.04. The molecule has 1 aliphatic rings. The maximum Gasteiger partial charge on any atom is 0.416 e. The number of pyridine rings is 2. The summed E-state index contributed by atoms with van der Waals surface area (Å²) in [6.07, 6.45) is 4.64. The fourth-order valence-electron chi connectivity index (χ4n) is 3.19. The molecule has 1 atom stereocenters. The number of hydrogen-bond acceptors (Lipinski definition) is 4. The van der Waals surface area contributed by atoms with Gasteiger partial charge in [-0.15, -0.1) is 0 Å². The van der Waals surface area contributed by atoms with Crippen molar-refractivity contribution in [1.29, 1.82) is 0 Å². The number of aromatic nitrogens is 3. The molecule has 0 saturated heterocycles. The summed E-state index contributed by atoms with van der Waals surface area (Å²) in [5.41, 5.74) is 0.999. The zero-order chi connectivity index (χ0) is 20.4. The Kier molecular flexibility index (Phi) is 4.92. The van der Waals surface area contributed by atoms with Gasteiger partial charge in [0.05, 0.1) is 5.57 Å². The van der Waals surface area contributed by atoms with Gasteiger partial charge in [-0.2, -0.15) is 13.2 Å². The number of rotatable bonds is 5. The molecule has 3 aromatic rings. The van der Waals surface area contributed by atoms with Gasteiger partial charge in [-0.25, -0.2) is 9.97 Å². The number of nitrogens with one attached hydrogen (secondary N) is 2. The Balaban J connectivity index is 1.38. The predicted octanol–water partition coefficient (Wildman–Crippen LogP) is 4.67. The topological polar surface area (TPSA) is 70.7 Å². The maximum absolute atomic E-state index is 12.7. The van der Waals surface area contributed by atoms with Gasteiger partial charge >= 0.3 is 6.18 Å². The van der Waals surface area contributed by atoms with E-state index in [0.29, 0.717) is 35.6 Å². The van der Waals surface area contributed by atoms with E-state index in [9.17, 15) is 18.0 Å². The highest BCUT2D eigenvalue weighted by Gasteiger charge is 2.32. The van der Waals surface area contributed by atoms with Crippen LogP contribution >= 0.6 is 0 Å². The smallest absolute Gasteiger partial charge is 0.369 e. The first kappa shape index (κ1) is 18.9. The molecule has 1 aliphatic carbocycles. The summed E-state index contributed by atoms with van der Waals surface area (Å²) >= 11 is 0. The van der Waals surface area contributed by atoms with E-state index >= 15 is 0 Å². The number of carbonyl (C=O) groups is 1. The van der Waals surface area contributed by atoms with Crippen molar-refractivity contribution in [3.63, 3.8) is 0 Å². The van der Waals surface area contributed by atoms with Gasteiger partial charge in [0, 0.05) is 41.6 Å². The van der Waals surface area contributed by atoms with Crippen molar-refractivity contribution < 1.29 is 18.0 Å². The van der Waals surface area contributed by atoms with Crippen molar-refractivity contribution >= 4 is 22.6 Å². The summed E-state index contributed by atoms with van der Waals surface area (Å²) in [6.45, 7) is 0.451. The lowest BCUT2D eigenvalue weighted by Gasteiger charge is -2.18. The van der Waals surface area contributed by atoms with Crippen LogP contribution in [0, 0.1) is 5.92 Å². The summed E-state index contributed by atoms with van der Waals surface area (Å²) in [5, 5.41) is 3.84. The number of H-pyrrole nitrogens is 1. The van der Waals surface area contributed by atoms with Gasteiger partial charge in [0.2, 0.25) is 0 Å². The van der Waals surface area contributed by atoms with Crippen LogP contribution in [-0.2, 0) is 0 Å². The molecule has 0 fully saturated rings. The third-order valence-corrected chi connectivity index (χ3v) is 4.78. The maximum atomic E-state index is 12.7. The highest BCUT2D eigenvalue weighted by Crippen LogP contribution is 2.30. The van der Waals surface area contributed by atoms with Gasteiger partial charge in [0.1, 0.15) is 11.5 Å². The Hall–Kier alpha value is -3.42. The van der Waals surface area contributed by atoms with Crippen molar-refractivity contribution in [3.05, 3.63) is 77.8 Å². The summed E-state index contributed by atoms with van der Waals surface area (Å²) in [5.74, 6) is 0.340. The highest BCUT2D eigenvalue weighted by molar-refractivity contribution is 6.15. The van der Waals surface area contributed by atoms with Crippen LogP contribution in [-0.4, -0.2) is 33.5 Å². The van der Waals surface area contributed by atoms with E-state index in [-0.39, 0.29) is 11.7 Å². The first-order valence-electron chi connectivity index (χ1n) is 9.04. The molecule has 8 heteroatoms. The number of carbonyl (C=O) groups excluding carboxylic acids is 1. The number of fused-ring (bicyclic) bond motifs is 1. The third-order valence-electron chi connectivity index (χ3n) is 4.78.